The fourth-order valence-corrected chi connectivity index (χ4v) is 1.90. The lowest BCUT2D eigenvalue weighted by Crippen LogP contribution is -2.05. The molecule has 2 rings (SSSR count). The summed E-state index contributed by atoms with van der Waals surface area (Å²) in [6.45, 7) is 4.03. The van der Waals surface area contributed by atoms with Gasteiger partial charge in [0.1, 0.15) is 0 Å². The minimum atomic E-state index is -0.216. The summed E-state index contributed by atoms with van der Waals surface area (Å²) in [6, 6.07) is 0. The second kappa shape index (κ2) is 3.57. The van der Waals surface area contributed by atoms with Crippen molar-refractivity contribution in [3.05, 3.63) is 21.7 Å². The van der Waals surface area contributed by atoms with Crippen LogP contribution in [0.5, 0.6) is 0 Å². The normalized spacial score (nSPS) is 16.4. The van der Waals surface area contributed by atoms with Gasteiger partial charge in [-0.05, 0) is 40.6 Å². The van der Waals surface area contributed by atoms with Crippen LogP contribution < -0.4 is 0 Å². The molecule has 0 bridgehead atoms. The second-order valence-electron chi connectivity index (χ2n) is 4.03. The maximum Gasteiger partial charge on any atom is 0.164 e. The van der Waals surface area contributed by atoms with Gasteiger partial charge in [-0.2, -0.15) is 5.10 Å². The minimum Gasteiger partial charge on any atom is -0.204 e. The predicted octanol–water partition coefficient (Wildman–Crippen LogP) is 3.38. The first-order chi connectivity index (χ1) is 6.61. The summed E-state index contributed by atoms with van der Waals surface area (Å²) in [7, 11) is 0. The van der Waals surface area contributed by atoms with Gasteiger partial charge in [-0.25, -0.2) is 4.39 Å². The van der Waals surface area contributed by atoms with E-state index < -0.39 is 0 Å². The van der Waals surface area contributed by atoms with Crippen LogP contribution in [0.3, 0.4) is 0 Å². The number of rotatable bonds is 2. The lowest BCUT2D eigenvalue weighted by molar-refractivity contribution is 0.572. The summed E-state index contributed by atoms with van der Waals surface area (Å²) in [5.74, 6) is 0.395. The predicted molar refractivity (Wildman–Crippen MR) is 55.8 cm³/mol. The van der Waals surface area contributed by atoms with Gasteiger partial charge < -0.3 is 0 Å². The van der Waals surface area contributed by atoms with E-state index in [0.717, 1.165) is 24.1 Å². The van der Waals surface area contributed by atoms with Crippen LogP contribution in [0.2, 0.25) is 0 Å². The molecule has 2 nitrogen and oxygen atoms in total. The van der Waals surface area contributed by atoms with Crippen LogP contribution >= 0.6 is 15.9 Å². The molecule has 0 amide bonds. The highest BCUT2D eigenvalue weighted by Gasteiger charge is 2.32. The Hall–Kier alpha value is -0.510. The summed E-state index contributed by atoms with van der Waals surface area (Å²) in [6.07, 6.45) is 2.16. The number of aromatic nitrogens is 2. The molecule has 1 saturated carbocycles. The van der Waals surface area contributed by atoms with Crippen LogP contribution in [0.25, 0.3) is 0 Å². The molecular formula is C10H12BrFN2. The molecule has 0 spiro atoms. The van der Waals surface area contributed by atoms with Crippen LogP contribution in [0.1, 0.15) is 49.8 Å². The van der Waals surface area contributed by atoms with Gasteiger partial charge in [-0.1, -0.05) is 13.8 Å². The molecule has 14 heavy (non-hydrogen) atoms. The standard InChI is InChI=1S/C10H12BrFN2/c1-5(2)9-7(6-3-4-6)8(12)10(11)14-13-9/h5-6H,3-4H2,1-2H3. The Labute approximate surface area is 91.1 Å². The van der Waals surface area contributed by atoms with Crippen molar-refractivity contribution in [2.45, 2.75) is 38.5 Å². The molecule has 0 aliphatic heterocycles. The van der Waals surface area contributed by atoms with Crippen molar-refractivity contribution in [3.8, 4) is 0 Å². The van der Waals surface area contributed by atoms with Gasteiger partial charge in [0.05, 0.1) is 5.69 Å². The third kappa shape index (κ3) is 1.67. The molecule has 1 aromatic heterocycles. The topological polar surface area (TPSA) is 25.8 Å². The highest BCUT2D eigenvalue weighted by Crippen LogP contribution is 2.44. The average Bonchev–Trinajstić information content (AvgIpc) is 2.92. The third-order valence-corrected chi connectivity index (χ3v) is 2.98. The van der Waals surface area contributed by atoms with Crippen molar-refractivity contribution in [1.82, 2.24) is 10.2 Å². The van der Waals surface area contributed by atoms with Crippen molar-refractivity contribution < 1.29 is 4.39 Å². The van der Waals surface area contributed by atoms with Gasteiger partial charge in [-0.15, -0.1) is 5.10 Å². The summed E-state index contributed by atoms with van der Waals surface area (Å²) < 4.78 is 14.0. The summed E-state index contributed by atoms with van der Waals surface area (Å²) in [5.41, 5.74) is 1.59. The molecule has 0 radical (unpaired) electrons. The van der Waals surface area contributed by atoms with Crippen molar-refractivity contribution in [2.75, 3.05) is 0 Å². The third-order valence-electron chi connectivity index (χ3n) is 2.47. The van der Waals surface area contributed by atoms with Crippen LogP contribution in [-0.4, -0.2) is 10.2 Å². The van der Waals surface area contributed by atoms with Crippen LogP contribution in [0.15, 0.2) is 4.60 Å². The Kier molecular flexibility index (Phi) is 2.56. The van der Waals surface area contributed by atoms with Crippen molar-refractivity contribution in [1.29, 1.82) is 0 Å². The van der Waals surface area contributed by atoms with Gasteiger partial charge in [0.15, 0.2) is 10.4 Å². The fraction of sp³-hybridized carbons (Fsp3) is 0.600. The molecule has 1 fully saturated rings. The first-order valence-electron chi connectivity index (χ1n) is 4.82. The van der Waals surface area contributed by atoms with Crippen molar-refractivity contribution in [2.24, 2.45) is 0 Å². The number of hydrogen-bond acceptors (Lipinski definition) is 2. The van der Waals surface area contributed by atoms with E-state index in [1.165, 1.54) is 0 Å². The zero-order valence-electron chi connectivity index (χ0n) is 8.22. The van der Waals surface area contributed by atoms with Crippen molar-refractivity contribution >= 4 is 15.9 Å². The van der Waals surface area contributed by atoms with Crippen LogP contribution in [-0.2, 0) is 0 Å². The van der Waals surface area contributed by atoms with E-state index in [4.69, 9.17) is 0 Å². The molecule has 4 heteroatoms. The highest BCUT2D eigenvalue weighted by molar-refractivity contribution is 9.10. The van der Waals surface area contributed by atoms with Gasteiger partial charge in [0, 0.05) is 5.56 Å². The maximum atomic E-state index is 13.8. The zero-order valence-corrected chi connectivity index (χ0v) is 9.81. The highest BCUT2D eigenvalue weighted by atomic mass is 79.9. The van der Waals surface area contributed by atoms with E-state index >= 15 is 0 Å². The Bertz CT molecular complexity index is 361. The van der Waals surface area contributed by atoms with Crippen LogP contribution in [0, 0.1) is 5.82 Å². The lowest BCUT2D eigenvalue weighted by atomic mass is 10.0. The maximum absolute atomic E-state index is 13.8. The largest absolute Gasteiger partial charge is 0.204 e. The van der Waals surface area contributed by atoms with Crippen molar-refractivity contribution in [3.63, 3.8) is 0 Å². The van der Waals surface area contributed by atoms with Gasteiger partial charge >= 0.3 is 0 Å². The van der Waals surface area contributed by atoms with E-state index in [-0.39, 0.29) is 16.3 Å². The molecule has 1 heterocycles. The molecule has 1 aliphatic carbocycles. The Morgan fingerprint density at radius 1 is 1.36 bits per heavy atom. The van der Waals surface area contributed by atoms with E-state index in [2.05, 4.69) is 26.1 Å². The number of hydrogen-bond donors (Lipinski definition) is 0. The molecule has 0 N–H and O–H groups in total. The first-order valence-corrected chi connectivity index (χ1v) is 5.62. The molecule has 0 saturated heterocycles. The van der Waals surface area contributed by atoms with Crippen LogP contribution in [0.4, 0.5) is 4.39 Å². The monoisotopic (exact) mass is 258 g/mol. The first kappa shape index (κ1) is 10.0. The van der Waals surface area contributed by atoms with Gasteiger partial charge in [0.2, 0.25) is 0 Å². The van der Waals surface area contributed by atoms with E-state index in [9.17, 15) is 4.39 Å². The Morgan fingerprint density at radius 2 is 2.00 bits per heavy atom. The lowest BCUT2D eigenvalue weighted by Gasteiger charge is -2.11. The molecule has 0 unspecified atom stereocenters. The molecule has 0 aromatic carbocycles. The molecule has 1 aliphatic rings. The smallest absolute Gasteiger partial charge is 0.164 e. The number of halogens is 2. The van der Waals surface area contributed by atoms with E-state index in [0.29, 0.717) is 5.92 Å². The Morgan fingerprint density at radius 3 is 2.50 bits per heavy atom. The quantitative estimate of drug-likeness (QED) is 0.813. The zero-order chi connectivity index (χ0) is 10.3. The SMILES string of the molecule is CC(C)c1nnc(Br)c(F)c1C1CC1. The molecular weight excluding hydrogens is 247 g/mol. The Balaban J connectivity index is 2.54. The number of nitrogens with zero attached hydrogens (tertiary/aromatic N) is 2. The molecule has 76 valence electrons. The minimum absolute atomic E-state index is 0.216. The van der Waals surface area contributed by atoms with Gasteiger partial charge in [-0.3, -0.25) is 0 Å². The van der Waals surface area contributed by atoms with E-state index in [1.54, 1.807) is 0 Å². The molecule has 1 aromatic rings. The summed E-state index contributed by atoms with van der Waals surface area (Å²) >= 11 is 3.08. The molecule has 0 atom stereocenters. The second-order valence-corrected chi connectivity index (χ2v) is 4.78. The van der Waals surface area contributed by atoms with E-state index in [1.807, 2.05) is 13.8 Å². The van der Waals surface area contributed by atoms with Gasteiger partial charge in [0.25, 0.3) is 0 Å². The summed E-state index contributed by atoms with van der Waals surface area (Å²) in [5, 5.41) is 7.83. The average molecular weight is 259 g/mol. The fourth-order valence-electron chi connectivity index (χ4n) is 1.61. The summed E-state index contributed by atoms with van der Waals surface area (Å²) in [4.78, 5) is 0.